The van der Waals surface area contributed by atoms with Crippen LogP contribution in [0, 0.1) is 0 Å². The fourth-order valence-corrected chi connectivity index (χ4v) is 1.33. The minimum Gasteiger partial charge on any atom is -0.394 e. The maximum absolute atomic E-state index is 10.8. The molecule has 0 saturated carbocycles. The topological polar surface area (TPSA) is 84.6 Å². The van der Waals surface area contributed by atoms with Gasteiger partial charge in [0, 0.05) is 18.7 Å². The zero-order chi connectivity index (χ0) is 12.5. The van der Waals surface area contributed by atoms with Crippen LogP contribution in [0.4, 0.5) is 0 Å². The molecule has 0 spiro atoms. The lowest BCUT2D eigenvalue weighted by atomic mass is 10.1. The average molecular weight is 238 g/mol. The molecule has 94 valence electrons. The number of hydrogen-bond acceptors (Lipinski definition) is 4. The Kier molecular flexibility index (Phi) is 6.24. The van der Waals surface area contributed by atoms with E-state index in [9.17, 15) is 4.79 Å². The Hall–Kier alpha value is -1.43. The van der Waals surface area contributed by atoms with Crippen LogP contribution in [0.2, 0.25) is 0 Å². The third-order valence-corrected chi connectivity index (χ3v) is 2.23. The Morgan fingerprint density at radius 3 is 2.59 bits per heavy atom. The lowest BCUT2D eigenvalue weighted by molar-refractivity contribution is 0.0938. The summed E-state index contributed by atoms with van der Waals surface area (Å²) in [5.74, 6) is -0.415. The Labute approximate surface area is 101 Å². The molecule has 0 bridgehead atoms. The van der Waals surface area contributed by atoms with E-state index in [-0.39, 0.29) is 6.61 Å². The van der Waals surface area contributed by atoms with Gasteiger partial charge in [0.2, 0.25) is 5.91 Å². The average Bonchev–Trinajstić information content (AvgIpc) is 2.34. The standard InChI is InChI=1S/C12H18N2O3/c13-12(16)11-3-1-10(2-4-11)9-14-5-7-17-8-6-15/h1-4,14-15H,5-9H2,(H2,13,16). The van der Waals surface area contributed by atoms with E-state index in [0.29, 0.717) is 25.3 Å². The summed E-state index contributed by atoms with van der Waals surface area (Å²) in [4.78, 5) is 10.8. The number of carbonyl (C=O) groups excluding carboxylic acids is 1. The molecule has 0 fully saturated rings. The molecule has 1 amide bonds. The quantitative estimate of drug-likeness (QED) is 0.551. The van der Waals surface area contributed by atoms with Gasteiger partial charge in [-0.15, -0.1) is 0 Å². The van der Waals surface area contributed by atoms with Gasteiger partial charge in [0.25, 0.3) is 0 Å². The molecule has 1 rings (SSSR count). The van der Waals surface area contributed by atoms with Crippen molar-refractivity contribution < 1.29 is 14.6 Å². The van der Waals surface area contributed by atoms with Gasteiger partial charge in [-0.3, -0.25) is 4.79 Å². The van der Waals surface area contributed by atoms with Crippen LogP contribution in [0.25, 0.3) is 0 Å². The minimum absolute atomic E-state index is 0.0502. The molecule has 0 aromatic heterocycles. The molecule has 0 aliphatic carbocycles. The Morgan fingerprint density at radius 1 is 1.29 bits per heavy atom. The van der Waals surface area contributed by atoms with Crippen molar-refractivity contribution >= 4 is 5.91 Å². The van der Waals surface area contributed by atoms with Crippen LogP contribution in [-0.2, 0) is 11.3 Å². The predicted octanol–water partition coefficient (Wildman–Crippen LogP) is -0.116. The summed E-state index contributed by atoms with van der Waals surface area (Å²) >= 11 is 0. The smallest absolute Gasteiger partial charge is 0.248 e. The van der Waals surface area contributed by atoms with Gasteiger partial charge in [-0.2, -0.15) is 0 Å². The number of hydrogen-bond donors (Lipinski definition) is 3. The van der Waals surface area contributed by atoms with E-state index < -0.39 is 5.91 Å². The van der Waals surface area contributed by atoms with Crippen LogP contribution in [0.3, 0.4) is 0 Å². The first-order valence-corrected chi connectivity index (χ1v) is 5.52. The van der Waals surface area contributed by atoms with Crippen LogP contribution in [0.1, 0.15) is 15.9 Å². The number of aliphatic hydroxyl groups excluding tert-OH is 1. The van der Waals surface area contributed by atoms with Crippen LogP contribution in [-0.4, -0.2) is 37.4 Å². The summed E-state index contributed by atoms with van der Waals surface area (Å²) in [7, 11) is 0. The maximum Gasteiger partial charge on any atom is 0.248 e. The van der Waals surface area contributed by atoms with Crippen molar-refractivity contribution in [3.05, 3.63) is 35.4 Å². The second-order valence-electron chi connectivity index (χ2n) is 3.57. The number of amides is 1. The van der Waals surface area contributed by atoms with Gasteiger partial charge in [0.1, 0.15) is 0 Å². The number of primary amides is 1. The van der Waals surface area contributed by atoms with E-state index in [2.05, 4.69) is 5.32 Å². The molecular formula is C12H18N2O3. The van der Waals surface area contributed by atoms with E-state index in [1.54, 1.807) is 12.1 Å². The molecule has 4 N–H and O–H groups in total. The van der Waals surface area contributed by atoms with Crippen molar-refractivity contribution in [2.24, 2.45) is 5.73 Å². The number of nitrogens with two attached hydrogens (primary N) is 1. The molecule has 17 heavy (non-hydrogen) atoms. The Bertz CT molecular complexity index is 338. The summed E-state index contributed by atoms with van der Waals surface area (Å²) < 4.78 is 5.10. The van der Waals surface area contributed by atoms with Crippen molar-refractivity contribution in [2.75, 3.05) is 26.4 Å². The van der Waals surface area contributed by atoms with Crippen molar-refractivity contribution in [1.82, 2.24) is 5.32 Å². The molecule has 0 aliphatic heterocycles. The van der Waals surface area contributed by atoms with E-state index >= 15 is 0 Å². The molecule has 1 aromatic carbocycles. The van der Waals surface area contributed by atoms with Gasteiger partial charge in [0.15, 0.2) is 0 Å². The maximum atomic E-state index is 10.8. The molecule has 0 aliphatic rings. The van der Waals surface area contributed by atoms with E-state index in [4.69, 9.17) is 15.6 Å². The highest BCUT2D eigenvalue weighted by Crippen LogP contribution is 2.03. The van der Waals surface area contributed by atoms with Crippen molar-refractivity contribution in [2.45, 2.75) is 6.54 Å². The molecule has 1 aromatic rings. The largest absolute Gasteiger partial charge is 0.394 e. The van der Waals surface area contributed by atoms with Crippen molar-refractivity contribution in [3.8, 4) is 0 Å². The zero-order valence-corrected chi connectivity index (χ0v) is 9.69. The molecule has 0 radical (unpaired) electrons. The number of carbonyl (C=O) groups is 1. The highest BCUT2D eigenvalue weighted by atomic mass is 16.5. The van der Waals surface area contributed by atoms with Gasteiger partial charge in [0.05, 0.1) is 19.8 Å². The fourth-order valence-electron chi connectivity index (χ4n) is 1.33. The van der Waals surface area contributed by atoms with Gasteiger partial charge >= 0.3 is 0 Å². The minimum atomic E-state index is -0.415. The van der Waals surface area contributed by atoms with Gasteiger partial charge in [-0.05, 0) is 17.7 Å². The molecule has 0 saturated heterocycles. The number of rotatable bonds is 8. The third kappa shape index (κ3) is 5.44. The van der Waals surface area contributed by atoms with Crippen LogP contribution in [0.15, 0.2) is 24.3 Å². The Balaban J connectivity index is 2.21. The summed E-state index contributed by atoms with van der Waals surface area (Å²) in [5, 5.41) is 11.7. The third-order valence-electron chi connectivity index (χ3n) is 2.23. The first-order valence-electron chi connectivity index (χ1n) is 5.52. The second-order valence-corrected chi connectivity index (χ2v) is 3.57. The van der Waals surface area contributed by atoms with Crippen LogP contribution < -0.4 is 11.1 Å². The van der Waals surface area contributed by atoms with Gasteiger partial charge < -0.3 is 20.9 Å². The summed E-state index contributed by atoms with van der Waals surface area (Å²) in [6.07, 6.45) is 0. The highest BCUT2D eigenvalue weighted by Gasteiger charge is 1.99. The number of nitrogens with one attached hydrogen (secondary N) is 1. The molecule has 0 unspecified atom stereocenters. The first kappa shape index (κ1) is 13.6. The lowest BCUT2D eigenvalue weighted by Gasteiger charge is -2.05. The van der Waals surface area contributed by atoms with Crippen molar-refractivity contribution in [3.63, 3.8) is 0 Å². The zero-order valence-electron chi connectivity index (χ0n) is 9.69. The molecular weight excluding hydrogens is 220 g/mol. The van der Waals surface area contributed by atoms with E-state index in [1.165, 1.54) is 0 Å². The summed E-state index contributed by atoms with van der Waals surface area (Å²) in [6.45, 7) is 2.42. The predicted molar refractivity (Wildman–Crippen MR) is 64.6 cm³/mol. The Morgan fingerprint density at radius 2 is 2.00 bits per heavy atom. The molecule has 5 nitrogen and oxygen atoms in total. The van der Waals surface area contributed by atoms with Crippen LogP contribution in [0.5, 0.6) is 0 Å². The van der Waals surface area contributed by atoms with E-state index in [1.807, 2.05) is 12.1 Å². The molecule has 0 heterocycles. The number of benzene rings is 1. The molecule has 0 atom stereocenters. The SMILES string of the molecule is NC(=O)c1ccc(CNCCOCCO)cc1. The summed E-state index contributed by atoms with van der Waals surface area (Å²) in [6, 6.07) is 7.15. The first-order chi connectivity index (χ1) is 8.24. The number of aliphatic hydroxyl groups is 1. The monoisotopic (exact) mass is 238 g/mol. The van der Waals surface area contributed by atoms with Crippen molar-refractivity contribution in [1.29, 1.82) is 0 Å². The summed E-state index contributed by atoms with van der Waals surface area (Å²) in [5.41, 5.74) is 6.74. The normalized spacial score (nSPS) is 10.4. The van der Waals surface area contributed by atoms with Gasteiger partial charge in [-0.25, -0.2) is 0 Å². The second kappa shape index (κ2) is 7.78. The van der Waals surface area contributed by atoms with Crippen LogP contribution >= 0.6 is 0 Å². The fraction of sp³-hybridized carbons (Fsp3) is 0.417. The highest BCUT2D eigenvalue weighted by molar-refractivity contribution is 5.92. The number of ether oxygens (including phenoxy) is 1. The lowest BCUT2D eigenvalue weighted by Crippen LogP contribution is -2.20. The molecule has 5 heteroatoms. The van der Waals surface area contributed by atoms with Gasteiger partial charge in [-0.1, -0.05) is 12.1 Å². The van der Waals surface area contributed by atoms with E-state index in [0.717, 1.165) is 12.1 Å².